The zero-order chi connectivity index (χ0) is 17.1. The van der Waals surface area contributed by atoms with Crippen molar-refractivity contribution in [2.45, 2.75) is 39.4 Å². The summed E-state index contributed by atoms with van der Waals surface area (Å²) in [6, 6.07) is 21.4. The molecular weight excluding hydrogens is 306 g/mol. The molecule has 3 nitrogen and oxygen atoms in total. The average molecular weight is 331 g/mol. The highest BCUT2D eigenvalue weighted by atomic mass is 15.2. The van der Waals surface area contributed by atoms with Crippen molar-refractivity contribution in [2.24, 2.45) is 0 Å². The Labute approximate surface area is 149 Å². The van der Waals surface area contributed by atoms with Gasteiger partial charge in [-0.15, -0.1) is 0 Å². The van der Waals surface area contributed by atoms with Gasteiger partial charge in [0.1, 0.15) is 5.82 Å². The second-order valence-electron chi connectivity index (χ2n) is 6.79. The molecule has 128 valence electrons. The Morgan fingerprint density at radius 3 is 2.40 bits per heavy atom. The number of hydrogen-bond donors (Lipinski definition) is 0. The molecule has 0 saturated carbocycles. The van der Waals surface area contributed by atoms with Gasteiger partial charge < -0.3 is 4.57 Å². The lowest BCUT2D eigenvalue weighted by atomic mass is 10.1. The van der Waals surface area contributed by atoms with Gasteiger partial charge in [0.25, 0.3) is 0 Å². The quantitative estimate of drug-likeness (QED) is 0.685. The summed E-state index contributed by atoms with van der Waals surface area (Å²) >= 11 is 0. The minimum atomic E-state index is 0.990. The minimum Gasteiger partial charge on any atom is -0.327 e. The maximum Gasteiger partial charge on any atom is 0.140 e. The Morgan fingerprint density at radius 2 is 1.68 bits per heavy atom. The topological polar surface area (TPSA) is 21.1 Å². The highest BCUT2D eigenvalue weighted by Gasteiger charge is 2.24. The fraction of sp³-hybridized carbons (Fsp3) is 0.318. The lowest BCUT2D eigenvalue weighted by Gasteiger charge is -2.27. The van der Waals surface area contributed by atoms with E-state index in [4.69, 9.17) is 4.98 Å². The van der Waals surface area contributed by atoms with E-state index in [0.29, 0.717) is 0 Å². The summed E-state index contributed by atoms with van der Waals surface area (Å²) in [6.45, 7) is 6.36. The maximum atomic E-state index is 5.02. The highest BCUT2D eigenvalue weighted by Crippen LogP contribution is 2.27. The van der Waals surface area contributed by atoms with Gasteiger partial charge in [0.2, 0.25) is 0 Å². The number of nitrogens with zero attached hydrogens (tertiary/aromatic N) is 3. The first kappa shape index (κ1) is 16.1. The number of fused-ring (bicyclic) bond motifs is 1. The van der Waals surface area contributed by atoms with Crippen LogP contribution in [0, 0.1) is 0 Å². The van der Waals surface area contributed by atoms with E-state index in [1.807, 2.05) is 0 Å². The lowest BCUT2D eigenvalue weighted by Crippen LogP contribution is -2.31. The maximum absolute atomic E-state index is 5.02. The van der Waals surface area contributed by atoms with E-state index in [-0.39, 0.29) is 0 Å². The molecule has 1 aliphatic rings. The Bertz CT molecular complexity index is 821. The van der Waals surface area contributed by atoms with Crippen LogP contribution in [0.3, 0.4) is 0 Å². The predicted molar refractivity (Wildman–Crippen MR) is 102 cm³/mol. The van der Waals surface area contributed by atoms with Gasteiger partial charge in [-0.05, 0) is 12.0 Å². The molecular formula is C22H25N3. The molecule has 0 N–H and O–H groups in total. The van der Waals surface area contributed by atoms with Crippen molar-refractivity contribution in [3.05, 3.63) is 77.6 Å². The largest absolute Gasteiger partial charge is 0.327 e. The van der Waals surface area contributed by atoms with Gasteiger partial charge in [-0.3, -0.25) is 4.90 Å². The van der Waals surface area contributed by atoms with Crippen molar-refractivity contribution in [1.29, 1.82) is 0 Å². The fourth-order valence-corrected chi connectivity index (χ4v) is 3.72. The summed E-state index contributed by atoms with van der Waals surface area (Å²) in [5.41, 5.74) is 5.30. The van der Waals surface area contributed by atoms with Crippen molar-refractivity contribution in [3.8, 4) is 11.4 Å². The molecule has 1 aliphatic heterocycles. The van der Waals surface area contributed by atoms with Crippen LogP contribution < -0.4 is 0 Å². The van der Waals surface area contributed by atoms with Crippen molar-refractivity contribution >= 4 is 0 Å². The van der Waals surface area contributed by atoms with Crippen LogP contribution in [0.15, 0.2) is 60.7 Å². The van der Waals surface area contributed by atoms with Crippen LogP contribution in [0.5, 0.6) is 0 Å². The molecule has 25 heavy (non-hydrogen) atoms. The van der Waals surface area contributed by atoms with Gasteiger partial charge in [0, 0.05) is 38.2 Å². The van der Waals surface area contributed by atoms with E-state index in [9.17, 15) is 0 Å². The first-order chi connectivity index (χ1) is 12.3. The summed E-state index contributed by atoms with van der Waals surface area (Å²) in [5.74, 6) is 1.13. The third kappa shape index (κ3) is 3.38. The van der Waals surface area contributed by atoms with E-state index in [1.165, 1.54) is 22.5 Å². The van der Waals surface area contributed by atoms with E-state index < -0.39 is 0 Å². The fourth-order valence-electron chi connectivity index (χ4n) is 3.72. The number of hydrogen-bond acceptors (Lipinski definition) is 2. The predicted octanol–water partition coefficient (Wildman–Crippen LogP) is 4.52. The summed E-state index contributed by atoms with van der Waals surface area (Å²) < 4.78 is 2.45. The molecule has 3 heteroatoms. The van der Waals surface area contributed by atoms with Crippen LogP contribution in [-0.4, -0.2) is 21.0 Å². The molecule has 0 atom stereocenters. The Balaban J connectivity index is 1.63. The molecule has 2 aromatic carbocycles. The van der Waals surface area contributed by atoms with Crippen molar-refractivity contribution in [1.82, 2.24) is 14.5 Å². The molecule has 0 saturated heterocycles. The third-order valence-electron chi connectivity index (χ3n) is 4.92. The van der Waals surface area contributed by atoms with Crippen molar-refractivity contribution in [2.75, 3.05) is 6.54 Å². The van der Waals surface area contributed by atoms with E-state index in [0.717, 1.165) is 44.8 Å². The second kappa shape index (κ2) is 7.24. The smallest absolute Gasteiger partial charge is 0.140 e. The highest BCUT2D eigenvalue weighted by molar-refractivity contribution is 5.57. The Morgan fingerprint density at radius 1 is 0.960 bits per heavy atom. The van der Waals surface area contributed by atoms with Gasteiger partial charge in [-0.2, -0.15) is 0 Å². The molecule has 0 aliphatic carbocycles. The van der Waals surface area contributed by atoms with Crippen LogP contribution in [0.1, 0.15) is 30.3 Å². The molecule has 4 rings (SSSR count). The van der Waals surface area contributed by atoms with Crippen LogP contribution in [0.25, 0.3) is 11.4 Å². The minimum absolute atomic E-state index is 0.990. The zero-order valence-electron chi connectivity index (χ0n) is 14.9. The Kier molecular flexibility index (Phi) is 4.66. The van der Waals surface area contributed by atoms with Gasteiger partial charge in [-0.1, -0.05) is 67.6 Å². The number of rotatable bonds is 5. The standard InChI is InChI=1S/C22H25N3/c1-2-14-25-21-17-24(16-18-9-5-3-6-10-18)15-13-20(21)23-22(25)19-11-7-4-8-12-19/h3-12H,2,13-17H2,1H3. The van der Waals surface area contributed by atoms with E-state index in [1.54, 1.807) is 0 Å². The molecule has 0 fully saturated rings. The van der Waals surface area contributed by atoms with Crippen LogP contribution in [0.2, 0.25) is 0 Å². The van der Waals surface area contributed by atoms with Gasteiger partial charge in [0.15, 0.2) is 0 Å². The van der Waals surface area contributed by atoms with Crippen LogP contribution in [0.4, 0.5) is 0 Å². The number of benzene rings is 2. The number of imidazole rings is 1. The molecule has 0 amide bonds. The molecule has 0 unspecified atom stereocenters. The van der Waals surface area contributed by atoms with Gasteiger partial charge in [0.05, 0.1) is 11.4 Å². The van der Waals surface area contributed by atoms with E-state index in [2.05, 4.69) is 77.1 Å². The number of aromatic nitrogens is 2. The molecule has 2 heterocycles. The third-order valence-corrected chi connectivity index (χ3v) is 4.92. The average Bonchev–Trinajstić information content (AvgIpc) is 3.02. The van der Waals surface area contributed by atoms with Gasteiger partial charge >= 0.3 is 0 Å². The Hall–Kier alpha value is -2.39. The summed E-state index contributed by atoms with van der Waals surface area (Å²) in [4.78, 5) is 7.56. The molecule has 0 bridgehead atoms. The molecule has 1 aromatic heterocycles. The first-order valence-corrected chi connectivity index (χ1v) is 9.25. The lowest BCUT2D eigenvalue weighted by molar-refractivity contribution is 0.237. The monoisotopic (exact) mass is 331 g/mol. The van der Waals surface area contributed by atoms with Crippen molar-refractivity contribution < 1.29 is 0 Å². The van der Waals surface area contributed by atoms with Crippen LogP contribution >= 0.6 is 0 Å². The summed E-state index contributed by atoms with van der Waals surface area (Å²) in [6.07, 6.45) is 2.17. The molecule has 0 spiro atoms. The first-order valence-electron chi connectivity index (χ1n) is 9.25. The van der Waals surface area contributed by atoms with Crippen LogP contribution in [-0.2, 0) is 26.1 Å². The normalized spacial score (nSPS) is 14.4. The SMILES string of the molecule is CCCn1c(-c2ccccc2)nc2c1CN(Cc1ccccc1)CC2. The summed E-state index contributed by atoms with van der Waals surface area (Å²) in [7, 11) is 0. The van der Waals surface area contributed by atoms with Crippen molar-refractivity contribution in [3.63, 3.8) is 0 Å². The van der Waals surface area contributed by atoms with Gasteiger partial charge in [-0.25, -0.2) is 4.98 Å². The van der Waals surface area contributed by atoms with E-state index >= 15 is 0 Å². The molecule has 0 radical (unpaired) electrons. The molecule has 3 aromatic rings. The summed E-state index contributed by atoms with van der Waals surface area (Å²) in [5, 5.41) is 0. The second-order valence-corrected chi connectivity index (χ2v) is 6.79. The zero-order valence-corrected chi connectivity index (χ0v) is 14.9.